The van der Waals surface area contributed by atoms with Crippen LogP contribution in [0.2, 0.25) is 0 Å². The van der Waals surface area contributed by atoms with Gasteiger partial charge in [0.2, 0.25) is 10.0 Å². The molecule has 1 N–H and O–H groups in total. The number of hydrogen-bond donors (Lipinski definition) is 1. The number of amides is 2. The summed E-state index contributed by atoms with van der Waals surface area (Å²) in [6.07, 6.45) is 2.08. The standard InChI is InChI=1S/C17H26N4O3S/c1-2-19-11-13-21(14-12-19)25(23,24)16-7-5-15(6-8-16)18-17(22)20-9-3-4-10-20/h5-8H,2-4,9-14H2,1H3,(H,18,22). The van der Waals surface area contributed by atoms with Gasteiger partial charge in [-0.05, 0) is 43.7 Å². The average Bonchev–Trinajstić information content (AvgIpc) is 3.17. The molecule has 25 heavy (non-hydrogen) atoms. The number of benzene rings is 1. The molecule has 3 rings (SSSR count). The summed E-state index contributed by atoms with van der Waals surface area (Å²) in [5.41, 5.74) is 0.617. The SMILES string of the molecule is CCN1CCN(S(=O)(=O)c2ccc(NC(=O)N3CCCC3)cc2)CC1. The maximum Gasteiger partial charge on any atom is 0.321 e. The lowest BCUT2D eigenvalue weighted by Crippen LogP contribution is -2.48. The van der Waals surface area contributed by atoms with Crippen molar-refractivity contribution in [2.24, 2.45) is 0 Å². The van der Waals surface area contributed by atoms with Crippen molar-refractivity contribution in [2.45, 2.75) is 24.7 Å². The normalized spacial score (nSPS) is 20.0. The fourth-order valence-electron chi connectivity index (χ4n) is 3.27. The number of nitrogens with zero attached hydrogens (tertiary/aromatic N) is 3. The summed E-state index contributed by atoms with van der Waals surface area (Å²) in [5, 5.41) is 2.83. The Balaban J connectivity index is 1.64. The molecule has 1 aromatic rings. The molecule has 2 saturated heterocycles. The van der Waals surface area contributed by atoms with Gasteiger partial charge in [0.1, 0.15) is 0 Å². The number of anilines is 1. The van der Waals surface area contributed by atoms with Crippen LogP contribution in [0.3, 0.4) is 0 Å². The zero-order valence-corrected chi connectivity index (χ0v) is 15.5. The van der Waals surface area contributed by atoms with E-state index < -0.39 is 10.0 Å². The summed E-state index contributed by atoms with van der Waals surface area (Å²) < 4.78 is 27.0. The van der Waals surface area contributed by atoms with Gasteiger partial charge in [-0.15, -0.1) is 0 Å². The number of carbonyl (C=O) groups excluding carboxylic acids is 1. The molecule has 0 saturated carbocycles. The molecular weight excluding hydrogens is 340 g/mol. The summed E-state index contributed by atoms with van der Waals surface area (Å²) in [6, 6.07) is 6.33. The first-order valence-corrected chi connectivity index (χ1v) is 10.3. The van der Waals surface area contributed by atoms with E-state index in [1.807, 2.05) is 0 Å². The van der Waals surface area contributed by atoms with Crippen LogP contribution in [0.25, 0.3) is 0 Å². The number of hydrogen-bond acceptors (Lipinski definition) is 4. The van der Waals surface area contributed by atoms with E-state index >= 15 is 0 Å². The van der Waals surface area contributed by atoms with Crippen LogP contribution in [-0.2, 0) is 10.0 Å². The summed E-state index contributed by atoms with van der Waals surface area (Å²) in [6.45, 7) is 7.15. The fraction of sp³-hybridized carbons (Fsp3) is 0.588. The zero-order valence-electron chi connectivity index (χ0n) is 14.6. The molecule has 0 bridgehead atoms. The Morgan fingerprint density at radius 2 is 1.60 bits per heavy atom. The van der Waals surface area contributed by atoms with Crippen LogP contribution >= 0.6 is 0 Å². The number of likely N-dealkylation sites (N-methyl/N-ethyl adjacent to an activating group) is 1. The van der Waals surface area contributed by atoms with Crippen molar-refractivity contribution in [1.82, 2.24) is 14.1 Å². The molecule has 0 radical (unpaired) electrons. The second-order valence-electron chi connectivity index (χ2n) is 6.49. The smallest absolute Gasteiger partial charge is 0.321 e. The molecule has 0 spiro atoms. The van der Waals surface area contributed by atoms with E-state index in [2.05, 4.69) is 17.1 Å². The molecule has 2 fully saturated rings. The number of urea groups is 1. The topological polar surface area (TPSA) is 73.0 Å². The first-order valence-electron chi connectivity index (χ1n) is 8.89. The minimum atomic E-state index is -3.47. The van der Waals surface area contributed by atoms with Gasteiger partial charge in [-0.2, -0.15) is 4.31 Å². The van der Waals surface area contributed by atoms with Gasteiger partial charge in [-0.1, -0.05) is 6.92 Å². The summed E-state index contributed by atoms with van der Waals surface area (Å²) >= 11 is 0. The highest BCUT2D eigenvalue weighted by Gasteiger charge is 2.28. The fourth-order valence-corrected chi connectivity index (χ4v) is 4.69. The van der Waals surface area contributed by atoms with Gasteiger partial charge < -0.3 is 15.1 Å². The predicted molar refractivity (Wildman–Crippen MR) is 97.1 cm³/mol. The lowest BCUT2D eigenvalue weighted by molar-refractivity contribution is 0.196. The van der Waals surface area contributed by atoms with E-state index in [0.717, 1.165) is 45.6 Å². The zero-order chi connectivity index (χ0) is 17.9. The van der Waals surface area contributed by atoms with Crippen LogP contribution < -0.4 is 5.32 Å². The molecule has 138 valence electrons. The van der Waals surface area contributed by atoms with Crippen molar-refractivity contribution in [3.8, 4) is 0 Å². The van der Waals surface area contributed by atoms with Crippen molar-refractivity contribution in [3.05, 3.63) is 24.3 Å². The molecule has 7 nitrogen and oxygen atoms in total. The molecule has 0 aromatic heterocycles. The molecular formula is C17H26N4O3S. The van der Waals surface area contributed by atoms with Crippen LogP contribution in [-0.4, -0.2) is 74.4 Å². The molecule has 8 heteroatoms. The predicted octanol–water partition coefficient (Wildman–Crippen LogP) is 1.64. The molecule has 2 heterocycles. The van der Waals surface area contributed by atoms with Crippen LogP contribution in [0.1, 0.15) is 19.8 Å². The van der Waals surface area contributed by atoms with Crippen LogP contribution in [0.4, 0.5) is 10.5 Å². The molecule has 2 amide bonds. The third-order valence-corrected chi connectivity index (χ3v) is 6.83. The number of nitrogens with one attached hydrogen (secondary N) is 1. The van der Waals surface area contributed by atoms with Crippen LogP contribution in [0.5, 0.6) is 0 Å². The van der Waals surface area contributed by atoms with Gasteiger partial charge in [-0.25, -0.2) is 13.2 Å². The number of likely N-dealkylation sites (tertiary alicyclic amines) is 1. The molecule has 2 aliphatic rings. The Hall–Kier alpha value is -1.64. The summed E-state index contributed by atoms with van der Waals surface area (Å²) in [4.78, 5) is 16.4. The van der Waals surface area contributed by atoms with E-state index in [-0.39, 0.29) is 10.9 Å². The Kier molecular flexibility index (Phi) is 5.61. The molecule has 0 atom stereocenters. The van der Waals surface area contributed by atoms with E-state index in [4.69, 9.17) is 0 Å². The lowest BCUT2D eigenvalue weighted by atomic mass is 10.3. The van der Waals surface area contributed by atoms with Crippen molar-refractivity contribution in [1.29, 1.82) is 0 Å². The van der Waals surface area contributed by atoms with Crippen molar-refractivity contribution >= 4 is 21.7 Å². The van der Waals surface area contributed by atoms with Gasteiger partial charge in [0.25, 0.3) is 0 Å². The third-order valence-electron chi connectivity index (χ3n) is 4.92. The monoisotopic (exact) mass is 366 g/mol. The second kappa shape index (κ2) is 7.72. The minimum Gasteiger partial charge on any atom is -0.325 e. The number of carbonyl (C=O) groups is 1. The molecule has 0 unspecified atom stereocenters. The number of piperazine rings is 1. The highest BCUT2D eigenvalue weighted by atomic mass is 32.2. The average molecular weight is 366 g/mol. The molecule has 0 aliphatic carbocycles. The third kappa shape index (κ3) is 4.13. The van der Waals surface area contributed by atoms with Crippen molar-refractivity contribution in [3.63, 3.8) is 0 Å². The second-order valence-corrected chi connectivity index (χ2v) is 8.42. The minimum absolute atomic E-state index is 0.121. The van der Waals surface area contributed by atoms with Gasteiger partial charge >= 0.3 is 6.03 Å². The van der Waals surface area contributed by atoms with E-state index in [0.29, 0.717) is 18.8 Å². The largest absolute Gasteiger partial charge is 0.325 e. The van der Waals surface area contributed by atoms with Gasteiger partial charge in [0, 0.05) is 45.0 Å². The van der Waals surface area contributed by atoms with Crippen LogP contribution in [0.15, 0.2) is 29.2 Å². The highest BCUT2D eigenvalue weighted by Crippen LogP contribution is 2.20. The van der Waals surface area contributed by atoms with Gasteiger partial charge in [0.15, 0.2) is 0 Å². The Labute approximate surface area is 149 Å². The Morgan fingerprint density at radius 1 is 1.00 bits per heavy atom. The first kappa shape index (κ1) is 18.2. The van der Waals surface area contributed by atoms with Crippen molar-refractivity contribution in [2.75, 3.05) is 51.1 Å². The lowest BCUT2D eigenvalue weighted by Gasteiger charge is -2.33. The number of rotatable bonds is 4. The summed E-state index contributed by atoms with van der Waals surface area (Å²) in [7, 11) is -3.47. The van der Waals surface area contributed by atoms with Crippen molar-refractivity contribution < 1.29 is 13.2 Å². The molecule has 2 aliphatic heterocycles. The van der Waals surface area contributed by atoms with E-state index in [9.17, 15) is 13.2 Å². The Morgan fingerprint density at radius 3 is 2.16 bits per heavy atom. The van der Waals surface area contributed by atoms with Gasteiger partial charge in [0.05, 0.1) is 4.90 Å². The first-order chi connectivity index (χ1) is 12.0. The van der Waals surface area contributed by atoms with Crippen LogP contribution in [0, 0.1) is 0 Å². The highest BCUT2D eigenvalue weighted by molar-refractivity contribution is 7.89. The van der Waals surface area contributed by atoms with Gasteiger partial charge in [-0.3, -0.25) is 0 Å². The number of sulfonamides is 1. The molecule has 1 aromatic carbocycles. The Bertz CT molecular complexity index is 691. The van der Waals surface area contributed by atoms with E-state index in [1.54, 1.807) is 29.2 Å². The van der Waals surface area contributed by atoms with E-state index in [1.165, 1.54) is 4.31 Å². The summed E-state index contributed by atoms with van der Waals surface area (Å²) in [5.74, 6) is 0. The quantitative estimate of drug-likeness (QED) is 0.879. The maximum atomic E-state index is 12.7. The maximum absolute atomic E-state index is 12.7.